The molecule has 0 fully saturated rings. The van der Waals surface area contributed by atoms with Crippen LogP contribution in [0.15, 0.2) is 0 Å². The average molecular weight is 219 g/mol. The van der Waals surface area contributed by atoms with Gasteiger partial charge in [-0.15, -0.1) is 0 Å². The monoisotopic (exact) mass is 219 g/mol. The number of hydrogen-bond donors (Lipinski definition) is 4. The third kappa shape index (κ3) is 16.5. The molecule has 0 bridgehead atoms. The first kappa shape index (κ1) is 17.2. The largest absolute Gasteiger partial charge is 0.395 e. The Hall–Kier alpha value is -0.160. The molecule has 0 aliphatic rings. The van der Waals surface area contributed by atoms with Crippen LogP contribution >= 0.6 is 0 Å². The summed E-state index contributed by atoms with van der Waals surface area (Å²) in [7, 11) is 0. The molecule has 94 valence electrons. The number of hydrazine groups is 1. The molecule has 1 unspecified atom stereocenters. The lowest BCUT2D eigenvalue weighted by molar-refractivity contribution is 0.257. The van der Waals surface area contributed by atoms with Crippen LogP contribution in [0.3, 0.4) is 0 Å². The van der Waals surface area contributed by atoms with Crippen LogP contribution < -0.4 is 17.4 Å². The van der Waals surface area contributed by atoms with Crippen molar-refractivity contribution in [3.05, 3.63) is 0 Å². The molecular weight excluding hydrogens is 190 g/mol. The van der Waals surface area contributed by atoms with Gasteiger partial charge in [0, 0.05) is 6.04 Å². The van der Waals surface area contributed by atoms with Gasteiger partial charge in [0.15, 0.2) is 0 Å². The molecule has 0 aromatic carbocycles. The van der Waals surface area contributed by atoms with Crippen molar-refractivity contribution in [2.24, 2.45) is 17.4 Å². The van der Waals surface area contributed by atoms with Gasteiger partial charge in [0.2, 0.25) is 0 Å². The minimum Gasteiger partial charge on any atom is -0.395 e. The molecule has 15 heavy (non-hydrogen) atoms. The molecule has 0 spiro atoms. The number of aliphatic hydroxyl groups excluding tert-OH is 1. The zero-order valence-corrected chi connectivity index (χ0v) is 10.1. The zero-order chi connectivity index (χ0) is 11.9. The van der Waals surface area contributed by atoms with Gasteiger partial charge >= 0.3 is 0 Å². The van der Waals surface area contributed by atoms with Crippen molar-refractivity contribution >= 4 is 0 Å². The second kappa shape index (κ2) is 16.3. The summed E-state index contributed by atoms with van der Waals surface area (Å²) in [6, 6.07) is 0.00985. The maximum Gasteiger partial charge on any atom is 0.0582 e. The van der Waals surface area contributed by atoms with Gasteiger partial charge in [0.05, 0.1) is 6.61 Å². The molecule has 0 saturated heterocycles. The summed E-state index contributed by atoms with van der Waals surface area (Å²) in [6.45, 7) is 2.37. The van der Waals surface area contributed by atoms with Crippen LogP contribution in [0.2, 0.25) is 0 Å². The summed E-state index contributed by atoms with van der Waals surface area (Å²) in [4.78, 5) is 0. The van der Waals surface area contributed by atoms with Crippen LogP contribution in [-0.4, -0.2) is 17.8 Å². The first-order valence-electron chi connectivity index (χ1n) is 6.01. The Morgan fingerprint density at radius 3 is 1.87 bits per heavy atom. The molecule has 0 rings (SSSR count). The molecular formula is C11H29N3O. The van der Waals surface area contributed by atoms with E-state index in [-0.39, 0.29) is 12.6 Å². The van der Waals surface area contributed by atoms with Gasteiger partial charge in [-0.3, -0.25) is 11.7 Å². The van der Waals surface area contributed by atoms with Gasteiger partial charge < -0.3 is 10.8 Å². The highest BCUT2D eigenvalue weighted by atomic mass is 16.3. The number of rotatable bonds is 9. The quantitative estimate of drug-likeness (QED) is 0.266. The van der Waals surface area contributed by atoms with Gasteiger partial charge in [0.1, 0.15) is 0 Å². The van der Waals surface area contributed by atoms with Crippen LogP contribution in [0.5, 0.6) is 0 Å². The van der Waals surface area contributed by atoms with Gasteiger partial charge in [-0.25, -0.2) is 0 Å². The van der Waals surface area contributed by atoms with Crippen LogP contribution in [0.25, 0.3) is 0 Å². The molecule has 0 aliphatic heterocycles. The second-order valence-corrected chi connectivity index (χ2v) is 3.85. The molecule has 4 nitrogen and oxygen atoms in total. The average Bonchev–Trinajstić information content (AvgIpc) is 2.30. The molecule has 0 radical (unpaired) electrons. The van der Waals surface area contributed by atoms with E-state index >= 15 is 0 Å². The summed E-state index contributed by atoms with van der Waals surface area (Å²) in [5.74, 6) is 8.00. The van der Waals surface area contributed by atoms with E-state index < -0.39 is 0 Å². The fraction of sp³-hybridized carbons (Fsp3) is 1.00. The van der Waals surface area contributed by atoms with E-state index in [0.29, 0.717) is 0 Å². The lowest BCUT2D eigenvalue weighted by Gasteiger charge is -2.06. The molecule has 0 saturated carbocycles. The highest BCUT2D eigenvalue weighted by Gasteiger charge is 1.98. The lowest BCUT2D eigenvalue weighted by Crippen LogP contribution is -2.23. The van der Waals surface area contributed by atoms with E-state index in [1.165, 1.54) is 44.9 Å². The van der Waals surface area contributed by atoms with Crippen molar-refractivity contribution in [2.75, 3.05) is 6.61 Å². The van der Waals surface area contributed by atoms with Gasteiger partial charge in [0.25, 0.3) is 0 Å². The third-order valence-electron chi connectivity index (χ3n) is 2.41. The van der Waals surface area contributed by atoms with E-state index in [2.05, 4.69) is 18.6 Å². The molecule has 0 heterocycles. The van der Waals surface area contributed by atoms with Crippen LogP contribution in [-0.2, 0) is 0 Å². The number of unbranched alkanes of at least 4 members (excludes halogenated alkanes) is 6. The Morgan fingerprint density at radius 1 is 0.933 bits per heavy atom. The topological polar surface area (TPSA) is 98.3 Å². The van der Waals surface area contributed by atoms with Gasteiger partial charge in [-0.1, -0.05) is 51.9 Å². The van der Waals surface area contributed by atoms with Crippen molar-refractivity contribution in [2.45, 2.75) is 64.3 Å². The second-order valence-electron chi connectivity index (χ2n) is 3.85. The minimum absolute atomic E-state index is 0.00985. The van der Waals surface area contributed by atoms with Crippen LogP contribution in [0.1, 0.15) is 58.3 Å². The normalized spacial score (nSPS) is 11.8. The maximum atomic E-state index is 8.68. The van der Waals surface area contributed by atoms with E-state index in [0.717, 1.165) is 6.42 Å². The Kier molecular flexibility index (Phi) is 18.7. The molecule has 4 heteroatoms. The summed E-state index contributed by atoms with van der Waals surface area (Å²) in [5, 5.41) is 8.68. The fourth-order valence-electron chi connectivity index (χ4n) is 1.45. The Balaban J connectivity index is 0. The molecule has 0 aromatic rings. The summed E-state index contributed by atoms with van der Waals surface area (Å²) < 4.78 is 0. The predicted molar refractivity (Wildman–Crippen MR) is 66.0 cm³/mol. The van der Waals surface area contributed by atoms with Gasteiger partial charge in [-0.2, -0.15) is 0 Å². The standard InChI is InChI=1S/C11H25NO.H4N2/c1-2-3-4-5-6-7-8-9-11(12)10-13;1-2/h11,13H,2-10,12H2,1H3;1-2H2. The van der Waals surface area contributed by atoms with Gasteiger partial charge in [-0.05, 0) is 6.42 Å². The molecule has 7 N–H and O–H groups in total. The summed E-state index contributed by atoms with van der Waals surface area (Å²) >= 11 is 0. The Bertz CT molecular complexity index is 102. The van der Waals surface area contributed by atoms with Crippen molar-refractivity contribution in [3.63, 3.8) is 0 Å². The molecule has 0 amide bonds. The van der Waals surface area contributed by atoms with Crippen molar-refractivity contribution in [1.82, 2.24) is 0 Å². The van der Waals surface area contributed by atoms with Crippen molar-refractivity contribution in [1.29, 1.82) is 0 Å². The number of aliphatic hydroxyl groups is 1. The predicted octanol–water partition coefficient (Wildman–Crippen LogP) is 1.27. The smallest absolute Gasteiger partial charge is 0.0582 e. The number of hydrogen-bond acceptors (Lipinski definition) is 4. The molecule has 1 atom stereocenters. The highest BCUT2D eigenvalue weighted by Crippen LogP contribution is 2.08. The van der Waals surface area contributed by atoms with E-state index in [9.17, 15) is 0 Å². The number of nitrogens with two attached hydrogens (primary N) is 3. The van der Waals surface area contributed by atoms with Crippen molar-refractivity contribution in [3.8, 4) is 0 Å². The maximum absolute atomic E-state index is 8.68. The molecule has 0 aromatic heterocycles. The SMILES string of the molecule is CCCCCCCCCC(N)CO.NN. The lowest BCUT2D eigenvalue weighted by atomic mass is 10.1. The van der Waals surface area contributed by atoms with Crippen molar-refractivity contribution < 1.29 is 5.11 Å². The van der Waals surface area contributed by atoms with Crippen LogP contribution in [0.4, 0.5) is 0 Å². The van der Waals surface area contributed by atoms with E-state index in [1.54, 1.807) is 0 Å². The molecule has 0 aliphatic carbocycles. The van der Waals surface area contributed by atoms with E-state index in [1.807, 2.05) is 0 Å². The fourth-order valence-corrected chi connectivity index (χ4v) is 1.45. The minimum atomic E-state index is 0.00985. The summed E-state index contributed by atoms with van der Waals surface area (Å²) in [5.41, 5.74) is 5.59. The first-order chi connectivity index (χ1) is 7.31. The summed E-state index contributed by atoms with van der Waals surface area (Å²) in [6.07, 6.45) is 10.2. The zero-order valence-electron chi connectivity index (χ0n) is 10.1. The first-order valence-corrected chi connectivity index (χ1v) is 6.01. The Labute approximate surface area is 94.2 Å². The third-order valence-corrected chi connectivity index (χ3v) is 2.41. The van der Waals surface area contributed by atoms with Crippen LogP contribution in [0, 0.1) is 0 Å². The highest BCUT2D eigenvalue weighted by molar-refractivity contribution is 4.58. The Morgan fingerprint density at radius 2 is 1.40 bits per heavy atom. The van der Waals surface area contributed by atoms with E-state index in [4.69, 9.17) is 10.8 Å².